The maximum absolute atomic E-state index is 12.7. The smallest absolute Gasteiger partial charge is 0.269 e. The van der Waals surface area contributed by atoms with Crippen molar-refractivity contribution in [2.45, 2.75) is 0 Å². The average Bonchev–Trinajstić information content (AvgIpc) is 3.28. The van der Waals surface area contributed by atoms with Crippen molar-refractivity contribution in [3.8, 4) is 11.5 Å². The first-order chi connectivity index (χ1) is 13.6. The van der Waals surface area contributed by atoms with Gasteiger partial charge in [0.05, 0.1) is 4.92 Å². The van der Waals surface area contributed by atoms with E-state index in [0.29, 0.717) is 37.6 Å². The molecule has 4 rings (SSSR count). The first-order valence-electron chi connectivity index (χ1n) is 8.77. The number of nitro benzene ring substituents is 1. The summed E-state index contributed by atoms with van der Waals surface area (Å²) in [6.07, 6.45) is 1.26. The number of hydrogen-bond acceptors (Lipinski definition) is 7. The number of non-ortho nitro benzene ring substituents is 1. The van der Waals surface area contributed by atoms with Gasteiger partial charge in [0, 0.05) is 55.1 Å². The Hall–Kier alpha value is -3.75. The van der Waals surface area contributed by atoms with E-state index in [0.717, 1.165) is 11.3 Å². The fourth-order valence-corrected chi connectivity index (χ4v) is 3.19. The third-order valence-electron chi connectivity index (χ3n) is 4.73. The van der Waals surface area contributed by atoms with Gasteiger partial charge in [-0.2, -0.15) is 0 Å². The Morgan fingerprint density at radius 3 is 2.25 bits per heavy atom. The van der Waals surface area contributed by atoms with E-state index < -0.39 is 4.92 Å². The SMILES string of the molecule is O=C(c1ccc(-c2nnco2)cc1)N1CCN(c2ccc([N+](=O)[O-])cc2)CC1. The van der Waals surface area contributed by atoms with Crippen molar-refractivity contribution in [2.24, 2.45) is 0 Å². The number of aromatic nitrogens is 2. The van der Waals surface area contributed by atoms with E-state index in [1.54, 1.807) is 36.4 Å². The van der Waals surface area contributed by atoms with Crippen LogP contribution in [0.2, 0.25) is 0 Å². The second-order valence-electron chi connectivity index (χ2n) is 6.37. The van der Waals surface area contributed by atoms with Crippen LogP contribution in [-0.2, 0) is 0 Å². The number of nitrogens with zero attached hydrogens (tertiary/aromatic N) is 5. The van der Waals surface area contributed by atoms with Crippen molar-refractivity contribution in [3.05, 3.63) is 70.6 Å². The van der Waals surface area contributed by atoms with Gasteiger partial charge in [-0.3, -0.25) is 14.9 Å². The molecule has 0 unspecified atom stereocenters. The predicted octanol–water partition coefficient (Wildman–Crippen LogP) is 2.61. The summed E-state index contributed by atoms with van der Waals surface area (Å²) < 4.78 is 5.15. The molecule has 142 valence electrons. The first kappa shape index (κ1) is 17.7. The molecule has 3 aromatic rings. The Balaban J connectivity index is 1.38. The van der Waals surface area contributed by atoms with Gasteiger partial charge in [-0.05, 0) is 36.4 Å². The molecule has 0 radical (unpaired) electrons. The Labute approximate surface area is 160 Å². The lowest BCUT2D eigenvalue weighted by Gasteiger charge is -2.36. The highest BCUT2D eigenvalue weighted by Crippen LogP contribution is 2.22. The Morgan fingerprint density at radius 2 is 1.68 bits per heavy atom. The maximum Gasteiger partial charge on any atom is 0.269 e. The van der Waals surface area contributed by atoms with Gasteiger partial charge >= 0.3 is 0 Å². The van der Waals surface area contributed by atoms with Gasteiger partial charge in [0.1, 0.15) is 0 Å². The van der Waals surface area contributed by atoms with E-state index in [-0.39, 0.29) is 11.6 Å². The minimum Gasteiger partial charge on any atom is -0.423 e. The zero-order valence-corrected chi connectivity index (χ0v) is 14.9. The molecule has 0 aliphatic carbocycles. The lowest BCUT2D eigenvalue weighted by Crippen LogP contribution is -2.48. The van der Waals surface area contributed by atoms with Crippen molar-refractivity contribution in [3.63, 3.8) is 0 Å². The molecular weight excluding hydrogens is 362 g/mol. The molecule has 0 saturated carbocycles. The number of piperazine rings is 1. The largest absolute Gasteiger partial charge is 0.423 e. The van der Waals surface area contributed by atoms with E-state index >= 15 is 0 Å². The summed E-state index contributed by atoms with van der Waals surface area (Å²) in [6, 6.07) is 13.6. The summed E-state index contributed by atoms with van der Waals surface area (Å²) in [5.41, 5.74) is 2.35. The van der Waals surface area contributed by atoms with Crippen molar-refractivity contribution in [1.29, 1.82) is 0 Å². The number of benzene rings is 2. The van der Waals surface area contributed by atoms with E-state index in [1.807, 2.05) is 4.90 Å². The number of amides is 1. The molecular formula is C19H17N5O4. The molecule has 9 heteroatoms. The van der Waals surface area contributed by atoms with Crippen LogP contribution in [0.1, 0.15) is 10.4 Å². The van der Waals surface area contributed by atoms with Gasteiger partial charge < -0.3 is 14.2 Å². The van der Waals surface area contributed by atoms with Crippen LogP contribution in [0.15, 0.2) is 59.3 Å². The van der Waals surface area contributed by atoms with Gasteiger partial charge in [0.25, 0.3) is 11.6 Å². The lowest BCUT2D eigenvalue weighted by atomic mass is 10.1. The standard InChI is InChI=1S/C19H17N5O4/c25-19(15-3-1-14(2-4-15)18-21-20-13-28-18)23-11-9-22(10-12-23)16-5-7-17(8-6-16)24(26)27/h1-8,13H,9-12H2. The molecule has 1 aliphatic heterocycles. The van der Waals surface area contributed by atoms with Crippen LogP contribution >= 0.6 is 0 Å². The van der Waals surface area contributed by atoms with E-state index in [9.17, 15) is 14.9 Å². The fraction of sp³-hybridized carbons (Fsp3) is 0.211. The summed E-state index contributed by atoms with van der Waals surface area (Å²) in [4.78, 5) is 27.0. The van der Waals surface area contributed by atoms with Crippen molar-refractivity contribution >= 4 is 17.3 Å². The summed E-state index contributed by atoms with van der Waals surface area (Å²) in [5.74, 6) is 0.385. The molecule has 1 saturated heterocycles. The number of rotatable bonds is 4. The minimum atomic E-state index is -0.413. The van der Waals surface area contributed by atoms with Crippen molar-refractivity contribution < 1.29 is 14.1 Å². The number of carbonyl (C=O) groups is 1. The third-order valence-corrected chi connectivity index (χ3v) is 4.73. The summed E-state index contributed by atoms with van der Waals surface area (Å²) in [5, 5.41) is 18.3. The predicted molar refractivity (Wildman–Crippen MR) is 101 cm³/mol. The Kier molecular flexibility index (Phi) is 4.71. The Morgan fingerprint density at radius 1 is 1.00 bits per heavy atom. The minimum absolute atomic E-state index is 0.0274. The molecule has 28 heavy (non-hydrogen) atoms. The van der Waals surface area contributed by atoms with E-state index in [2.05, 4.69) is 15.1 Å². The highest BCUT2D eigenvalue weighted by molar-refractivity contribution is 5.94. The Bertz CT molecular complexity index is 963. The van der Waals surface area contributed by atoms with Crippen LogP contribution in [0, 0.1) is 10.1 Å². The van der Waals surface area contributed by atoms with Crippen molar-refractivity contribution in [1.82, 2.24) is 15.1 Å². The van der Waals surface area contributed by atoms with Crippen LogP contribution in [0.4, 0.5) is 11.4 Å². The summed E-state index contributed by atoms with van der Waals surface area (Å²) in [7, 11) is 0. The summed E-state index contributed by atoms with van der Waals surface area (Å²) >= 11 is 0. The van der Waals surface area contributed by atoms with Gasteiger partial charge in [0.15, 0.2) is 0 Å². The second-order valence-corrected chi connectivity index (χ2v) is 6.37. The number of anilines is 1. The zero-order chi connectivity index (χ0) is 19.5. The van der Waals surface area contributed by atoms with Crippen LogP contribution < -0.4 is 4.90 Å². The van der Waals surface area contributed by atoms with E-state index in [1.165, 1.54) is 18.5 Å². The monoisotopic (exact) mass is 379 g/mol. The molecule has 0 spiro atoms. The number of carbonyl (C=O) groups excluding carboxylic acids is 1. The topological polar surface area (TPSA) is 106 Å². The van der Waals surface area contributed by atoms with Gasteiger partial charge in [-0.1, -0.05) is 0 Å². The first-order valence-corrected chi connectivity index (χ1v) is 8.77. The summed E-state index contributed by atoms with van der Waals surface area (Å²) in [6.45, 7) is 2.51. The number of hydrogen-bond donors (Lipinski definition) is 0. The molecule has 1 aliphatic rings. The molecule has 1 aromatic heterocycles. The molecule has 2 aromatic carbocycles. The normalized spacial score (nSPS) is 14.1. The molecule has 1 fully saturated rings. The zero-order valence-electron chi connectivity index (χ0n) is 14.9. The van der Waals surface area contributed by atoms with Crippen LogP contribution in [0.5, 0.6) is 0 Å². The van der Waals surface area contributed by atoms with E-state index in [4.69, 9.17) is 4.42 Å². The fourth-order valence-electron chi connectivity index (χ4n) is 3.19. The number of nitro groups is 1. The lowest BCUT2D eigenvalue weighted by molar-refractivity contribution is -0.384. The van der Waals surface area contributed by atoms with Crippen LogP contribution in [-0.4, -0.2) is 52.1 Å². The van der Waals surface area contributed by atoms with Crippen LogP contribution in [0.25, 0.3) is 11.5 Å². The molecule has 1 amide bonds. The molecule has 9 nitrogen and oxygen atoms in total. The molecule has 0 N–H and O–H groups in total. The van der Waals surface area contributed by atoms with Gasteiger partial charge in [-0.25, -0.2) is 0 Å². The molecule has 0 atom stereocenters. The maximum atomic E-state index is 12.7. The third kappa shape index (κ3) is 3.54. The molecule has 2 heterocycles. The highest BCUT2D eigenvalue weighted by Gasteiger charge is 2.22. The quantitative estimate of drug-likeness (QED) is 0.507. The second kappa shape index (κ2) is 7.47. The molecule has 0 bridgehead atoms. The van der Waals surface area contributed by atoms with Crippen LogP contribution in [0.3, 0.4) is 0 Å². The van der Waals surface area contributed by atoms with Gasteiger partial charge in [0.2, 0.25) is 12.3 Å². The van der Waals surface area contributed by atoms with Gasteiger partial charge in [-0.15, -0.1) is 10.2 Å². The highest BCUT2D eigenvalue weighted by atomic mass is 16.6. The van der Waals surface area contributed by atoms with Crippen molar-refractivity contribution in [2.75, 3.05) is 31.1 Å². The average molecular weight is 379 g/mol.